The zero-order valence-electron chi connectivity index (χ0n) is 19.8. The largest absolute Gasteiger partial charge is 0.493 e. The van der Waals surface area contributed by atoms with Crippen molar-refractivity contribution in [2.75, 3.05) is 7.11 Å². The van der Waals surface area contributed by atoms with Crippen molar-refractivity contribution >= 4 is 35.6 Å². The lowest BCUT2D eigenvalue weighted by Gasteiger charge is -2.35. The Morgan fingerprint density at radius 3 is 2.46 bits per heavy atom. The van der Waals surface area contributed by atoms with Gasteiger partial charge in [-0.25, -0.2) is 9.59 Å². The van der Waals surface area contributed by atoms with Gasteiger partial charge < -0.3 is 9.47 Å². The first-order valence-electron chi connectivity index (χ1n) is 11.8. The van der Waals surface area contributed by atoms with Crippen LogP contribution in [-0.4, -0.2) is 46.8 Å². The third kappa shape index (κ3) is 4.55. The second-order valence-corrected chi connectivity index (χ2v) is 9.34. The maximum atomic E-state index is 13.2. The summed E-state index contributed by atoms with van der Waals surface area (Å²) in [4.78, 5) is 62.2. The van der Waals surface area contributed by atoms with Crippen molar-refractivity contribution in [1.29, 1.82) is 0 Å². The van der Waals surface area contributed by atoms with Crippen molar-refractivity contribution in [1.82, 2.24) is 10.2 Å². The first-order chi connectivity index (χ1) is 17.7. The molecule has 2 saturated carbocycles. The van der Waals surface area contributed by atoms with E-state index in [1.54, 1.807) is 0 Å². The third-order valence-corrected chi connectivity index (χ3v) is 7.18. The van der Waals surface area contributed by atoms with Crippen LogP contribution in [0.3, 0.4) is 0 Å². The second kappa shape index (κ2) is 9.49. The van der Waals surface area contributed by atoms with Crippen LogP contribution in [0.4, 0.5) is 10.5 Å². The molecule has 1 N–H and O–H groups in total. The molecule has 3 fully saturated rings. The van der Waals surface area contributed by atoms with Crippen LogP contribution in [0.15, 0.2) is 48.0 Å². The average molecular weight is 505 g/mol. The van der Waals surface area contributed by atoms with Crippen LogP contribution >= 0.6 is 0 Å². The van der Waals surface area contributed by atoms with Gasteiger partial charge in [-0.3, -0.25) is 29.9 Å². The average Bonchev–Trinajstić information content (AvgIpc) is 3.51. The SMILES string of the molecule is COc1cc(/C=C2\C(=O)NC(=O)N([C@@H]3C[C@H]4CC[C@H]3C4)C2=O)ccc1OC(=O)c1ccc([N+](=O)[O-])cc1. The van der Waals surface area contributed by atoms with Gasteiger partial charge in [0.25, 0.3) is 17.5 Å². The number of barbiturate groups is 1. The molecule has 2 aromatic carbocycles. The van der Waals surface area contributed by atoms with Gasteiger partial charge in [-0.2, -0.15) is 0 Å². The molecule has 1 saturated heterocycles. The number of nitro groups is 1. The van der Waals surface area contributed by atoms with Crippen LogP contribution in [0, 0.1) is 22.0 Å². The minimum absolute atomic E-state index is 0.0752. The quantitative estimate of drug-likeness (QED) is 0.157. The minimum Gasteiger partial charge on any atom is -0.493 e. The molecular formula is C26H23N3O8. The van der Waals surface area contributed by atoms with E-state index in [2.05, 4.69) is 5.32 Å². The lowest BCUT2D eigenvalue weighted by Crippen LogP contribution is -2.58. The van der Waals surface area contributed by atoms with Gasteiger partial charge in [0.2, 0.25) is 0 Å². The number of hydrogen-bond acceptors (Lipinski definition) is 8. The number of nitrogens with one attached hydrogen (secondary N) is 1. The summed E-state index contributed by atoms with van der Waals surface area (Å²) in [6, 6.07) is 8.52. The monoisotopic (exact) mass is 505 g/mol. The summed E-state index contributed by atoms with van der Waals surface area (Å²) in [5.41, 5.74) is 0.204. The number of fused-ring (bicyclic) bond motifs is 2. The number of carbonyl (C=O) groups excluding carboxylic acids is 4. The van der Waals surface area contributed by atoms with Crippen molar-refractivity contribution in [3.05, 3.63) is 69.3 Å². The third-order valence-electron chi connectivity index (χ3n) is 7.18. The summed E-state index contributed by atoms with van der Waals surface area (Å²) in [6.07, 6.45) is 5.19. The summed E-state index contributed by atoms with van der Waals surface area (Å²) in [5.74, 6) is -1.15. The van der Waals surface area contributed by atoms with Crippen LogP contribution in [0.2, 0.25) is 0 Å². The Morgan fingerprint density at radius 2 is 1.84 bits per heavy atom. The lowest BCUT2D eigenvalue weighted by molar-refractivity contribution is -0.384. The number of benzene rings is 2. The zero-order valence-corrected chi connectivity index (χ0v) is 19.8. The van der Waals surface area contributed by atoms with Crippen molar-refractivity contribution in [3.8, 4) is 11.5 Å². The van der Waals surface area contributed by atoms with Gasteiger partial charge in [0.05, 0.1) is 17.6 Å². The van der Waals surface area contributed by atoms with Crippen LogP contribution in [0.25, 0.3) is 6.08 Å². The minimum atomic E-state index is -0.776. The molecule has 1 heterocycles. The highest BCUT2D eigenvalue weighted by molar-refractivity contribution is 6.31. The van der Waals surface area contributed by atoms with E-state index < -0.39 is 28.7 Å². The van der Waals surface area contributed by atoms with Crippen LogP contribution in [0.5, 0.6) is 11.5 Å². The number of nitro benzene ring substituents is 1. The van der Waals surface area contributed by atoms with Crippen molar-refractivity contribution in [2.24, 2.45) is 11.8 Å². The Hall–Kier alpha value is -4.54. The molecule has 2 aromatic rings. The van der Waals surface area contributed by atoms with Crippen LogP contribution in [-0.2, 0) is 9.59 Å². The van der Waals surface area contributed by atoms with E-state index in [0.717, 1.165) is 25.7 Å². The number of hydrogen-bond donors (Lipinski definition) is 1. The number of urea groups is 1. The Kier molecular flexibility index (Phi) is 6.20. The summed E-state index contributed by atoms with van der Waals surface area (Å²) in [7, 11) is 1.36. The predicted octanol–water partition coefficient (Wildman–Crippen LogP) is 3.47. The standard InChI is InChI=1S/C26H23N3O8/c1-36-22-13-15(3-9-21(22)37-25(32)16-5-7-18(8-6-16)29(34)35)11-19-23(30)27-26(33)28(24(19)31)20-12-14-2-4-17(20)10-14/h3,5-9,11,13-14,17,20H,2,4,10,12H2,1H3,(H,27,30,33)/b19-11+/t14-,17-,20+/m0/s1. The number of amides is 4. The molecule has 1 aliphatic heterocycles. The van der Waals surface area contributed by atoms with E-state index in [9.17, 15) is 29.3 Å². The molecule has 190 valence electrons. The number of rotatable bonds is 6. The number of imide groups is 2. The van der Waals surface area contributed by atoms with Gasteiger partial charge >= 0.3 is 12.0 Å². The molecule has 3 atom stereocenters. The summed E-state index contributed by atoms with van der Waals surface area (Å²) < 4.78 is 10.7. The van der Waals surface area contributed by atoms with Gasteiger partial charge in [0.1, 0.15) is 5.57 Å². The van der Waals surface area contributed by atoms with Gasteiger partial charge in [0.15, 0.2) is 11.5 Å². The Bertz CT molecular complexity index is 1350. The Balaban J connectivity index is 1.36. The van der Waals surface area contributed by atoms with E-state index in [1.807, 2.05) is 0 Å². The smallest absolute Gasteiger partial charge is 0.343 e. The van der Waals surface area contributed by atoms with Gasteiger partial charge in [-0.15, -0.1) is 0 Å². The van der Waals surface area contributed by atoms with Crippen LogP contribution < -0.4 is 14.8 Å². The van der Waals surface area contributed by atoms with E-state index >= 15 is 0 Å². The molecule has 37 heavy (non-hydrogen) atoms. The highest BCUT2D eigenvalue weighted by Gasteiger charge is 2.49. The fourth-order valence-electron chi connectivity index (χ4n) is 5.40. The summed E-state index contributed by atoms with van der Waals surface area (Å²) in [5, 5.41) is 13.1. The number of non-ortho nitro benzene ring substituents is 1. The highest BCUT2D eigenvalue weighted by Crippen LogP contribution is 2.47. The number of ether oxygens (including phenoxy) is 2. The Morgan fingerprint density at radius 1 is 1.08 bits per heavy atom. The topological polar surface area (TPSA) is 145 Å². The van der Waals surface area contributed by atoms with E-state index in [4.69, 9.17) is 9.47 Å². The molecule has 0 radical (unpaired) electrons. The van der Waals surface area contributed by atoms with Crippen molar-refractivity contribution < 1.29 is 33.6 Å². The number of nitrogens with zero attached hydrogens (tertiary/aromatic N) is 2. The maximum absolute atomic E-state index is 13.2. The van der Waals surface area contributed by atoms with E-state index in [-0.39, 0.29) is 40.3 Å². The van der Waals surface area contributed by atoms with Gasteiger partial charge in [-0.05, 0) is 67.0 Å². The molecule has 0 spiro atoms. The van der Waals surface area contributed by atoms with Gasteiger partial charge in [-0.1, -0.05) is 12.5 Å². The fraction of sp³-hybridized carbons (Fsp3) is 0.308. The molecule has 2 bridgehead atoms. The predicted molar refractivity (Wildman–Crippen MR) is 129 cm³/mol. The van der Waals surface area contributed by atoms with E-state index in [1.165, 1.54) is 60.6 Å². The number of esters is 1. The van der Waals surface area contributed by atoms with E-state index in [0.29, 0.717) is 11.5 Å². The molecule has 5 rings (SSSR count). The Labute approximate surface area is 211 Å². The fourth-order valence-corrected chi connectivity index (χ4v) is 5.40. The van der Waals surface area contributed by atoms with Gasteiger partial charge in [0, 0.05) is 18.2 Å². The van der Waals surface area contributed by atoms with Crippen molar-refractivity contribution in [2.45, 2.75) is 31.7 Å². The molecule has 0 unspecified atom stereocenters. The number of methoxy groups -OCH3 is 1. The first-order valence-corrected chi connectivity index (χ1v) is 11.8. The molecule has 11 heteroatoms. The molecule has 11 nitrogen and oxygen atoms in total. The number of carbonyl (C=O) groups is 4. The molecule has 4 amide bonds. The zero-order chi connectivity index (χ0) is 26.3. The first kappa shape index (κ1) is 24.2. The molecular weight excluding hydrogens is 482 g/mol. The molecule has 3 aliphatic rings. The normalized spacial score (nSPS) is 23.8. The van der Waals surface area contributed by atoms with Crippen LogP contribution in [0.1, 0.15) is 41.6 Å². The molecule has 2 aliphatic carbocycles. The summed E-state index contributed by atoms with van der Waals surface area (Å²) >= 11 is 0. The lowest BCUT2D eigenvalue weighted by atomic mass is 9.93. The summed E-state index contributed by atoms with van der Waals surface area (Å²) in [6.45, 7) is 0. The van der Waals surface area contributed by atoms with Crippen molar-refractivity contribution in [3.63, 3.8) is 0 Å². The molecule has 0 aromatic heterocycles. The highest BCUT2D eigenvalue weighted by atomic mass is 16.6. The maximum Gasteiger partial charge on any atom is 0.343 e. The second-order valence-electron chi connectivity index (χ2n) is 9.34.